The third-order valence-corrected chi connectivity index (χ3v) is 5.23. The molecule has 2 N–H and O–H groups in total. The van der Waals surface area contributed by atoms with Crippen molar-refractivity contribution in [2.75, 3.05) is 32.7 Å². The van der Waals surface area contributed by atoms with E-state index in [1.807, 2.05) is 42.5 Å². The van der Waals surface area contributed by atoms with E-state index in [2.05, 4.69) is 32.7 Å². The lowest BCUT2D eigenvalue weighted by Crippen LogP contribution is -2.52. The molecule has 0 unspecified atom stereocenters. The molecule has 2 aliphatic heterocycles. The van der Waals surface area contributed by atoms with Crippen molar-refractivity contribution in [3.63, 3.8) is 0 Å². The molecule has 3 amide bonds. The number of piperazine rings is 1. The standard InChI is InChI=1S/C22H25N5O2/c28-21(25-19-6-7-20-18(14-19)8-9-23-20)15-24-22(29)27-12-10-26(11-13-27)16-17-4-2-1-3-5-17/h1-9,14,20H,10-13,15-16H2,(H,24,29)(H,25,28)/t20-/m1/s1. The minimum atomic E-state index is -0.241. The number of benzene rings is 1. The van der Waals surface area contributed by atoms with Gasteiger partial charge in [-0.2, -0.15) is 0 Å². The molecule has 1 aromatic carbocycles. The molecule has 0 bridgehead atoms. The van der Waals surface area contributed by atoms with Crippen LogP contribution in [0.15, 0.2) is 70.9 Å². The molecule has 3 aliphatic rings. The molecule has 0 radical (unpaired) electrons. The number of aliphatic imine (C=N–C) groups is 1. The van der Waals surface area contributed by atoms with E-state index in [0.717, 1.165) is 25.2 Å². The summed E-state index contributed by atoms with van der Waals surface area (Å²) in [6.07, 6.45) is 9.39. The van der Waals surface area contributed by atoms with E-state index in [9.17, 15) is 9.59 Å². The smallest absolute Gasteiger partial charge is 0.317 e. The number of hydrogen-bond donors (Lipinski definition) is 2. The summed E-state index contributed by atoms with van der Waals surface area (Å²) in [6, 6.07) is 10.2. The van der Waals surface area contributed by atoms with Crippen molar-refractivity contribution in [1.29, 1.82) is 0 Å². The van der Waals surface area contributed by atoms with Gasteiger partial charge in [0.1, 0.15) is 0 Å². The van der Waals surface area contributed by atoms with Gasteiger partial charge in [-0.25, -0.2) is 4.79 Å². The number of allylic oxidation sites excluding steroid dienone is 2. The average Bonchev–Trinajstić information content (AvgIpc) is 3.21. The van der Waals surface area contributed by atoms with Crippen LogP contribution in [0.1, 0.15) is 5.56 Å². The molecule has 1 fully saturated rings. The molecule has 29 heavy (non-hydrogen) atoms. The molecule has 4 rings (SSSR count). The Morgan fingerprint density at radius 2 is 1.90 bits per heavy atom. The van der Waals surface area contributed by atoms with E-state index >= 15 is 0 Å². The third-order valence-electron chi connectivity index (χ3n) is 5.23. The number of carbonyl (C=O) groups is 2. The predicted molar refractivity (Wildman–Crippen MR) is 112 cm³/mol. The summed E-state index contributed by atoms with van der Waals surface area (Å²) in [5.41, 5.74) is 3.05. The van der Waals surface area contributed by atoms with E-state index in [-0.39, 0.29) is 24.5 Å². The van der Waals surface area contributed by atoms with Gasteiger partial charge >= 0.3 is 6.03 Å². The van der Waals surface area contributed by atoms with Gasteiger partial charge in [-0.1, -0.05) is 36.4 Å². The van der Waals surface area contributed by atoms with Crippen molar-refractivity contribution in [2.24, 2.45) is 4.99 Å². The predicted octanol–water partition coefficient (Wildman–Crippen LogP) is 1.46. The SMILES string of the molecule is O=C(CNC(=O)N1CCN(Cc2ccccc2)CC1)NC1=CC2=CC=N[C@@H]2C=C1. The monoisotopic (exact) mass is 391 g/mol. The van der Waals surface area contributed by atoms with E-state index in [1.165, 1.54) is 5.56 Å². The van der Waals surface area contributed by atoms with E-state index in [4.69, 9.17) is 0 Å². The molecule has 0 spiro atoms. The Kier molecular flexibility index (Phi) is 5.86. The summed E-state index contributed by atoms with van der Waals surface area (Å²) in [5.74, 6) is -0.241. The average molecular weight is 391 g/mol. The number of fused-ring (bicyclic) bond motifs is 1. The zero-order valence-electron chi connectivity index (χ0n) is 16.3. The second-order valence-corrected chi connectivity index (χ2v) is 7.32. The fourth-order valence-corrected chi connectivity index (χ4v) is 3.62. The van der Waals surface area contributed by atoms with Gasteiger partial charge in [0, 0.05) is 44.6 Å². The first-order valence-corrected chi connectivity index (χ1v) is 9.89. The minimum absolute atomic E-state index is 0.0484. The molecule has 7 heteroatoms. The normalized spacial score (nSPS) is 20.7. The van der Waals surface area contributed by atoms with E-state index in [0.29, 0.717) is 18.8 Å². The van der Waals surface area contributed by atoms with Crippen LogP contribution in [0, 0.1) is 0 Å². The quantitative estimate of drug-likeness (QED) is 0.798. The lowest BCUT2D eigenvalue weighted by molar-refractivity contribution is -0.119. The second kappa shape index (κ2) is 8.87. The molecule has 0 saturated carbocycles. The molecular formula is C22H25N5O2. The van der Waals surface area contributed by atoms with Crippen molar-refractivity contribution in [3.05, 3.63) is 71.5 Å². The van der Waals surface area contributed by atoms with Gasteiger partial charge in [-0.15, -0.1) is 0 Å². The highest BCUT2D eigenvalue weighted by atomic mass is 16.2. The Morgan fingerprint density at radius 1 is 1.10 bits per heavy atom. The molecule has 7 nitrogen and oxygen atoms in total. The highest BCUT2D eigenvalue weighted by Gasteiger charge is 2.22. The Bertz CT molecular complexity index is 880. The van der Waals surface area contributed by atoms with Gasteiger partial charge in [0.2, 0.25) is 5.91 Å². The number of nitrogens with one attached hydrogen (secondary N) is 2. The van der Waals surface area contributed by atoms with Crippen molar-refractivity contribution < 1.29 is 9.59 Å². The Morgan fingerprint density at radius 3 is 2.69 bits per heavy atom. The lowest BCUT2D eigenvalue weighted by atomic mass is 10.0. The molecule has 1 aliphatic carbocycles. The Balaban J connectivity index is 1.17. The van der Waals surface area contributed by atoms with Gasteiger partial charge in [-0.05, 0) is 29.4 Å². The van der Waals surface area contributed by atoms with Crippen molar-refractivity contribution in [1.82, 2.24) is 20.4 Å². The molecule has 150 valence electrons. The number of amides is 3. The molecule has 1 saturated heterocycles. The summed E-state index contributed by atoms with van der Waals surface area (Å²) in [6.45, 7) is 3.80. The Hall–Kier alpha value is -3.19. The highest BCUT2D eigenvalue weighted by Crippen LogP contribution is 2.20. The van der Waals surface area contributed by atoms with Crippen LogP contribution in [0.5, 0.6) is 0 Å². The van der Waals surface area contributed by atoms with Gasteiger partial charge in [-0.3, -0.25) is 14.7 Å². The van der Waals surface area contributed by atoms with Crippen molar-refractivity contribution in [2.45, 2.75) is 12.6 Å². The van der Waals surface area contributed by atoms with E-state index < -0.39 is 0 Å². The maximum atomic E-state index is 12.4. The van der Waals surface area contributed by atoms with Gasteiger partial charge in [0.25, 0.3) is 0 Å². The number of nitrogens with zero attached hydrogens (tertiary/aromatic N) is 3. The molecule has 2 heterocycles. The summed E-state index contributed by atoms with van der Waals surface area (Å²) in [4.78, 5) is 32.9. The third kappa shape index (κ3) is 5.00. The van der Waals surface area contributed by atoms with Crippen LogP contribution in [-0.2, 0) is 11.3 Å². The zero-order valence-corrected chi connectivity index (χ0v) is 16.3. The largest absolute Gasteiger partial charge is 0.329 e. The van der Waals surface area contributed by atoms with Gasteiger partial charge < -0.3 is 15.5 Å². The van der Waals surface area contributed by atoms with Crippen LogP contribution in [0.2, 0.25) is 0 Å². The summed E-state index contributed by atoms with van der Waals surface area (Å²) < 4.78 is 0. The van der Waals surface area contributed by atoms with E-state index in [1.54, 1.807) is 11.1 Å². The van der Waals surface area contributed by atoms with Crippen LogP contribution in [0.25, 0.3) is 0 Å². The van der Waals surface area contributed by atoms with Crippen LogP contribution in [0.3, 0.4) is 0 Å². The highest BCUT2D eigenvalue weighted by molar-refractivity contribution is 5.86. The maximum Gasteiger partial charge on any atom is 0.317 e. The zero-order chi connectivity index (χ0) is 20.1. The van der Waals surface area contributed by atoms with Crippen LogP contribution in [-0.4, -0.2) is 66.7 Å². The van der Waals surface area contributed by atoms with Crippen molar-refractivity contribution >= 4 is 18.2 Å². The number of hydrogen-bond acceptors (Lipinski definition) is 4. The van der Waals surface area contributed by atoms with Gasteiger partial charge in [0.15, 0.2) is 0 Å². The van der Waals surface area contributed by atoms with Crippen LogP contribution < -0.4 is 10.6 Å². The summed E-state index contributed by atoms with van der Waals surface area (Å²) >= 11 is 0. The summed E-state index contributed by atoms with van der Waals surface area (Å²) in [5, 5.41) is 5.54. The number of rotatable bonds is 5. The first kappa shape index (κ1) is 19.1. The molecule has 1 aromatic rings. The van der Waals surface area contributed by atoms with Gasteiger partial charge in [0.05, 0.1) is 12.6 Å². The topological polar surface area (TPSA) is 77.0 Å². The number of urea groups is 1. The minimum Gasteiger partial charge on any atom is -0.329 e. The first-order valence-electron chi connectivity index (χ1n) is 9.89. The second-order valence-electron chi connectivity index (χ2n) is 7.32. The fraction of sp³-hybridized carbons (Fsp3) is 0.318. The lowest BCUT2D eigenvalue weighted by Gasteiger charge is -2.34. The van der Waals surface area contributed by atoms with Crippen LogP contribution >= 0.6 is 0 Å². The molecule has 1 atom stereocenters. The molecular weight excluding hydrogens is 366 g/mol. The van der Waals surface area contributed by atoms with Crippen molar-refractivity contribution in [3.8, 4) is 0 Å². The Labute approximate surface area is 170 Å². The maximum absolute atomic E-state index is 12.4. The first-order chi connectivity index (χ1) is 14.2. The fourth-order valence-electron chi connectivity index (χ4n) is 3.62. The summed E-state index contributed by atoms with van der Waals surface area (Å²) in [7, 11) is 0. The number of carbonyl (C=O) groups excluding carboxylic acids is 2. The molecule has 0 aromatic heterocycles. The van der Waals surface area contributed by atoms with Crippen LogP contribution in [0.4, 0.5) is 4.79 Å².